The number of nitrogens with one attached hydrogen (secondary N) is 1. The van der Waals surface area contributed by atoms with Crippen molar-refractivity contribution in [2.75, 3.05) is 44.8 Å². The van der Waals surface area contributed by atoms with Crippen molar-refractivity contribution in [1.82, 2.24) is 5.32 Å². The minimum atomic E-state index is 0.711. The van der Waals surface area contributed by atoms with Crippen LogP contribution in [0.25, 0.3) is 0 Å². The zero-order valence-corrected chi connectivity index (χ0v) is 12.7. The van der Waals surface area contributed by atoms with Gasteiger partial charge in [0.15, 0.2) is 0 Å². The third kappa shape index (κ3) is 2.76. The van der Waals surface area contributed by atoms with Crippen LogP contribution in [0.5, 0.6) is 0 Å². The first-order valence-corrected chi connectivity index (χ1v) is 7.87. The van der Waals surface area contributed by atoms with Gasteiger partial charge in [-0.1, -0.05) is 6.07 Å². The number of nitrogens with zero attached hydrogens (tertiary/aromatic N) is 2. The summed E-state index contributed by atoms with van der Waals surface area (Å²) in [5.74, 6) is 0. The molecule has 112 valence electrons. The summed E-state index contributed by atoms with van der Waals surface area (Å²) in [4.78, 5) is 2.35. The van der Waals surface area contributed by atoms with Gasteiger partial charge in [-0.3, -0.25) is 0 Å². The molecule has 1 aromatic carbocycles. The largest absolute Gasteiger partial charge is 0.383 e. The van der Waals surface area contributed by atoms with Gasteiger partial charge in [-0.2, -0.15) is 5.26 Å². The lowest BCUT2D eigenvalue weighted by Gasteiger charge is -2.33. The van der Waals surface area contributed by atoms with Crippen molar-refractivity contribution in [3.8, 4) is 6.07 Å². The van der Waals surface area contributed by atoms with Crippen LogP contribution in [0, 0.1) is 11.3 Å². The van der Waals surface area contributed by atoms with Gasteiger partial charge in [0.1, 0.15) is 6.07 Å². The van der Waals surface area contributed by atoms with Crippen LogP contribution in [-0.2, 0) is 24.0 Å². The van der Waals surface area contributed by atoms with Gasteiger partial charge in [0, 0.05) is 20.2 Å². The minimum absolute atomic E-state index is 0.711. The van der Waals surface area contributed by atoms with Crippen LogP contribution in [-0.4, -0.2) is 39.9 Å². The van der Waals surface area contributed by atoms with E-state index in [0.29, 0.717) is 6.61 Å². The van der Waals surface area contributed by atoms with E-state index in [1.165, 1.54) is 28.8 Å². The third-order valence-electron chi connectivity index (χ3n) is 4.57. The molecule has 0 aliphatic carbocycles. The van der Waals surface area contributed by atoms with Crippen LogP contribution in [0.15, 0.2) is 6.07 Å². The molecule has 0 spiro atoms. The molecule has 0 atom stereocenters. The topological polar surface area (TPSA) is 48.3 Å². The van der Waals surface area contributed by atoms with E-state index in [9.17, 15) is 5.26 Å². The molecule has 1 N–H and O–H groups in total. The molecule has 0 saturated carbocycles. The standard InChI is InChI=1S/C17H23N3O/c1-21-10-9-20-8-2-3-14-11-13-4-6-19-7-5-15(13)16(12-18)17(14)20/h11,19H,2-10H2,1H3. The van der Waals surface area contributed by atoms with Crippen LogP contribution in [0.2, 0.25) is 0 Å². The zero-order chi connectivity index (χ0) is 14.7. The van der Waals surface area contributed by atoms with Gasteiger partial charge in [-0.25, -0.2) is 0 Å². The minimum Gasteiger partial charge on any atom is -0.383 e. The molecular formula is C17H23N3O. The second-order valence-electron chi connectivity index (χ2n) is 5.84. The second-order valence-corrected chi connectivity index (χ2v) is 5.84. The van der Waals surface area contributed by atoms with E-state index in [4.69, 9.17) is 4.74 Å². The molecular weight excluding hydrogens is 262 g/mol. The molecule has 0 unspecified atom stereocenters. The van der Waals surface area contributed by atoms with Crippen LogP contribution in [0.4, 0.5) is 5.69 Å². The van der Waals surface area contributed by atoms with E-state index in [-0.39, 0.29) is 0 Å². The Balaban J connectivity index is 2.07. The monoisotopic (exact) mass is 285 g/mol. The first-order valence-electron chi connectivity index (χ1n) is 7.87. The summed E-state index contributed by atoms with van der Waals surface area (Å²) in [5, 5.41) is 13.2. The molecule has 0 bridgehead atoms. The second kappa shape index (κ2) is 6.46. The Hall–Kier alpha value is -1.57. The SMILES string of the molecule is COCCN1CCCc2cc3c(c(C#N)c21)CCNCC3. The highest BCUT2D eigenvalue weighted by Gasteiger charge is 2.25. The summed E-state index contributed by atoms with van der Waals surface area (Å²) in [6.07, 6.45) is 4.26. The number of nitriles is 1. The Morgan fingerprint density at radius 2 is 2.14 bits per heavy atom. The van der Waals surface area contributed by atoms with Gasteiger partial charge in [-0.05, 0) is 55.5 Å². The number of hydrogen-bond donors (Lipinski definition) is 1. The average molecular weight is 285 g/mol. The van der Waals surface area contributed by atoms with E-state index >= 15 is 0 Å². The number of fused-ring (bicyclic) bond motifs is 2. The lowest BCUT2D eigenvalue weighted by molar-refractivity contribution is 0.205. The van der Waals surface area contributed by atoms with Crippen molar-refractivity contribution in [2.24, 2.45) is 0 Å². The number of methoxy groups -OCH3 is 1. The molecule has 4 heteroatoms. The van der Waals surface area contributed by atoms with Crippen LogP contribution < -0.4 is 10.2 Å². The summed E-state index contributed by atoms with van der Waals surface area (Å²) in [6, 6.07) is 4.87. The highest BCUT2D eigenvalue weighted by Crippen LogP contribution is 2.35. The number of hydrogen-bond acceptors (Lipinski definition) is 4. The van der Waals surface area contributed by atoms with Gasteiger partial charge < -0.3 is 15.0 Å². The molecule has 1 aromatic rings. The summed E-state index contributed by atoms with van der Waals surface area (Å²) in [7, 11) is 1.73. The first-order chi connectivity index (χ1) is 10.3. The molecule has 2 aliphatic rings. The van der Waals surface area contributed by atoms with Crippen molar-refractivity contribution in [3.05, 3.63) is 28.3 Å². The van der Waals surface area contributed by atoms with E-state index in [0.717, 1.165) is 51.0 Å². The first kappa shape index (κ1) is 14.4. The molecule has 3 rings (SSSR count). The quantitative estimate of drug-likeness (QED) is 0.917. The van der Waals surface area contributed by atoms with Crippen LogP contribution >= 0.6 is 0 Å². The zero-order valence-electron chi connectivity index (χ0n) is 12.7. The van der Waals surface area contributed by atoms with Gasteiger partial charge >= 0.3 is 0 Å². The fraction of sp³-hybridized carbons (Fsp3) is 0.588. The lowest BCUT2D eigenvalue weighted by Crippen LogP contribution is -2.33. The van der Waals surface area contributed by atoms with Gasteiger partial charge in [0.25, 0.3) is 0 Å². The van der Waals surface area contributed by atoms with E-state index in [1.54, 1.807) is 7.11 Å². The molecule has 2 aliphatic heterocycles. The fourth-order valence-electron chi connectivity index (χ4n) is 3.57. The summed E-state index contributed by atoms with van der Waals surface area (Å²) >= 11 is 0. The maximum atomic E-state index is 9.76. The Labute approximate surface area is 126 Å². The smallest absolute Gasteiger partial charge is 0.102 e. The summed E-state index contributed by atoms with van der Waals surface area (Å²) in [5.41, 5.74) is 6.10. The van der Waals surface area contributed by atoms with Crippen LogP contribution in [0.1, 0.15) is 28.7 Å². The average Bonchev–Trinajstić information content (AvgIpc) is 2.75. The van der Waals surface area contributed by atoms with Crippen molar-refractivity contribution < 1.29 is 4.74 Å². The maximum Gasteiger partial charge on any atom is 0.102 e. The fourth-order valence-corrected chi connectivity index (χ4v) is 3.57. The normalized spacial score (nSPS) is 17.6. The van der Waals surface area contributed by atoms with Crippen LogP contribution in [0.3, 0.4) is 0 Å². The molecule has 0 aromatic heterocycles. The van der Waals surface area contributed by atoms with Gasteiger partial charge in [0.2, 0.25) is 0 Å². The Kier molecular flexibility index (Phi) is 4.42. The number of aryl methyl sites for hydroxylation is 1. The molecule has 21 heavy (non-hydrogen) atoms. The Morgan fingerprint density at radius 1 is 1.29 bits per heavy atom. The molecule has 2 heterocycles. The van der Waals surface area contributed by atoms with E-state index in [2.05, 4.69) is 22.4 Å². The maximum absolute atomic E-state index is 9.76. The molecule has 0 radical (unpaired) electrons. The van der Waals surface area contributed by atoms with Crippen molar-refractivity contribution >= 4 is 5.69 Å². The van der Waals surface area contributed by atoms with Crippen molar-refractivity contribution in [3.63, 3.8) is 0 Å². The van der Waals surface area contributed by atoms with Gasteiger partial charge in [0.05, 0.1) is 17.9 Å². The molecule has 4 nitrogen and oxygen atoms in total. The highest BCUT2D eigenvalue weighted by molar-refractivity contribution is 5.70. The molecule has 0 fully saturated rings. The van der Waals surface area contributed by atoms with E-state index < -0.39 is 0 Å². The summed E-state index contributed by atoms with van der Waals surface area (Å²) < 4.78 is 5.23. The Bertz CT molecular complexity index is 562. The third-order valence-corrected chi connectivity index (χ3v) is 4.57. The number of ether oxygens (including phenoxy) is 1. The van der Waals surface area contributed by atoms with E-state index in [1.807, 2.05) is 0 Å². The molecule has 0 saturated heterocycles. The predicted molar refractivity (Wildman–Crippen MR) is 83.8 cm³/mol. The number of rotatable bonds is 3. The lowest BCUT2D eigenvalue weighted by atomic mass is 9.88. The van der Waals surface area contributed by atoms with Gasteiger partial charge in [-0.15, -0.1) is 0 Å². The molecule has 0 amide bonds. The highest BCUT2D eigenvalue weighted by atomic mass is 16.5. The Morgan fingerprint density at radius 3 is 2.95 bits per heavy atom. The summed E-state index contributed by atoms with van der Waals surface area (Å²) in [6.45, 7) is 4.60. The van der Waals surface area contributed by atoms with Crippen molar-refractivity contribution in [1.29, 1.82) is 5.26 Å². The number of benzene rings is 1. The predicted octanol–water partition coefficient (Wildman–Crippen LogP) is 1.65. The van der Waals surface area contributed by atoms with Crippen molar-refractivity contribution in [2.45, 2.75) is 25.7 Å². The number of anilines is 1.